The SMILES string of the molecule is CC(CCCC(C)(C)O)CCNC1C2(C)CN3CN(C2)CC1(C)C3. The first-order valence-electron chi connectivity index (χ1n) is 10.0. The standard InChI is InChI=1S/C20H39N3O/c1-16(7-6-9-18(2,3)24)8-10-21-17-19(4)11-22-13-20(17,5)14-23(12-19)15-22/h16-17,21,24H,6-15H2,1-5H3. The average Bonchev–Trinajstić information content (AvgIpc) is 2.38. The third kappa shape index (κ3) is 3.98. The lowest BCUT2D eigenvalue weighted by Crippen LogP contribution is -2.78. The van der Waals surface area contributed by atoms with Gasteiger partial charge in [0.1, 0.15) is 0 Å². The van der Waals surface area contributed by atoms with Gasteiger partial charge in [0.2, 0.25) is 0 Å². The van der Waals surface area contributed by atoms with Crippen LogP contribution in [0.15, 0.2) is 0 Å². The third-order valence-electron chi connectivity index (χ3n) is 6.60. The molecule has 0 spiro atoms. The van der Waals surface area contributed by atoms with Gasteiger partial charge in [-0.25, -0.2) is 0 Å². The average molecular weight is 338 g/mol. The quantitative estimate of drug-likeness (QED) is 0.714. The first kappa shape index (κ1) is 18.6. The van der Waals surface area contributed by atoms with Crippen LogP contribution in [0.1, 0.15) is 60.3 Å². The second-order valence-electron chi connectivity index (χ2n) is 10.4. The Balaban J connectivity index is 1.45. The first-order chi connectivity index (χ1) is 11.1. The summed E-state index contributed by atoms with van der Waals surface area (Å²) < 4.78 is 0. The smallest absolute Gasteiger partial charge is 0.0591 e. The Morgan fingerprint density at radius 3 is 2.12 bits per heavy atom. The molecule has 4 heteroatoms. The van der Waals surface area contributed by atoms with Gasteiger partial charge in [0.25, 0.3) is 0 Å². The highest BCUT2D eigenvalue weighted by molar-refractivity contribution is 5.13. The Hall–Kier alpha value is -0.160. The number of rotatable bonds is 8. The summed E-state index contributed by atoms with van der Waals surface area (Å²) in [5.74, 6) is 0.741. The Kier molecular flexibility index (Phi) is 5.07. The zero-order valence-corrected chi connectivity index (χ0v) is 16.6. The summed E-state index contributed by atoms with van der Waals surface area (Å²) >= 11 is 0. The highest BCUT2D eigenvalue weighted by atomic mass is 16.3. The summed E-state index contributed by atoms with van der Waals surface area (Å²) in [6.07, 6.45) is 4.52. The van der Waals surface area contributed by atoms with Crippen molar-refractivity contribution in [1.29, 1.82) is 0 Å². The topological polar surface area (TPSA) is 38.7 Å². The van der Waals surface area contributed by atoms with E-state index < -0.39 is 5.60 Å². The first-order valence-corrected chi connectivity index (χ1v) is 10.0. The largest absolute Gasteiger partial charge is 0.390 e. The van der Waals surface area contributed by atoms with Gasteiger partial charge in [-0.2, -0.15) is 0 Å². The van der Waals surface area contributed by atoms with Crippen molar-refractivity contribution in [2.45, 2.75) is 71.9 Å². The number of piperidine rings is 2. The van der Waals surface area contributed by atoms with E-state index in [0.29, 0.717) is 16.9 Å². The number of hydrogen-bond acceptors (Lipinski definition) is 4. The van der Waals surface area contributed by atoms with Crippen LogP contribution in [-0.4, -0.2) is 65.9 Å². The molecule has 4 fully saturated rings. The molecule has 0 amide bonds. The van der Waals surface area contributed by atoms with Crippen molar-refractivity contribution < 1.29 is 5.11 Å². The fourth-order valence-electron chi connectivity index (χ4n) is 5.94. The number of aliphatic hydroxyl groups is 1. The van der Waals surface area contributed by atoms with E-state index in [-0.39, 0.29) is 0 Å². The molecule has 0 aromatic heterocycles. The third-order valence-corrected chi connectivity index (χ3v) is 6.60. The van der Waals surface area contributed by atoms with Crippen LogP contribution in [-0.2, 0) is 0 Å². The van der Waals surface area contributed by atoms with E-state index in [9.17, 15) is 5.11 Å². The monoisotopic (exact) mass is 337 g/mol. The van der Waals surface area contributed by atoms with Crippen molar-refractivity contribution in [3.63, 3.8) is 0 Å². The van der Waals surface area contributed by atoms with E-state index in [1.807, 2.05) is 13.8 Å². The van der Waals surface area contributed by atoms with Crippen molar-refractivity contribution in [3.8, 4) is 0 Å². The van der Waals surface area contributed by atoms with Gasteiger partial charge in [-0.05, 0) is 39.2 Å². The summed E-state index contributed by atoms with van der Waals surface area (Å²) in [5.41, 5.74) is 0.313. The lowest BCUT2D eigenvalue weighted by molar-refractivity contribution is -0.175. The number of nitrogens with one attached hydrogen (secondary N) is 1. The minimum absolute atomic E-state index is 0.410. The zero-order valence-electron chi connectivity index (χ0n) is 16.6. The van der Waals surface area contributed by atoms with Crippen molar-refractivity contribution >= 4 is 0 Å². The van der Waals surface area contributed by atoms with Crippen molar-refractivity contribution in [2.24, 2.45) is 16.7 Å². The summed E-state index contributed by atoms with van der Waals surface area (Å²) in [4.78, 5) is 5.31. The Morgan fingerprint density at radius 1 is 1.08 bits per heavy atom. The zero-order chi connectivity index (χ0) is 17.6. The second-order valence-corrected chi connectivity index (χ2v) is 10.4. The molecule has 4 rings (SSSR count). The summed E-state index contributed by atoms with van der Waals surface area (Å²) in [7, 11) is 0. The van der Waals surface area contributed by atoms with Gasteiger partial charge < -0.3 is 10.4 Å². The van der Waals surface area contributed by atoms with Gasteiger partial charge in [0, 0.05) is 43.1 Å². The van der Waals surface area contributed by atoms with E-state index in [4.69, 9.17) is 0 Å². The predicted molar refractivity (Wildman–Crippen MR) is 99.9 cm³/mol. The van der Waals surface area contributed by atoms with Crippen LogP contribution in [0.25, 0.3) is 0 Å². The van der Waals surface area contributed by atoms with E-state index >= 15 is 0 Å². The molecule has 1 atom stereocenters. The number of hydrogen-bond donors (Lipinski definition) is 2. The van der Waals surface area contributed by atoms with Crippen LogP contribution < -0.4 is 5.32 Å². The molecule has 0 aliphatic carbocycles. The molecule has 4 nitrogen and oxygen atoms in total. The van der Waals surface area contributed by atoms with Crippen molar-refractivity contribution in [1.82, 2.24) is 15.1 Å². The molecule has 0 saturated carbocycles. The van der Waals surface area contributed by atoms with Crippen LogP contribution in [0.3, 0.4) is 0 Å². The predicted octanol–water partition coefficient (Wildman–Crippen LogP) is 2.53. The van der Waals surface area contributed by atoms with Crippen LogP contribution in [0, 0.1) is 16.7 Å². The molecule has 24 heavy (non-hydrogen) atoms. The summed E-state index contributed by atoms with van der Waals surface area (Å²) in [6.45, 7) is 18.6. The molecule has 4 heterocycles. The maximum atomic E-state index is 9.83. The molecule has 1 unspecified atom stereocenters. The lowest BCUT2D eigenvalue weighted by Gasteiger charge is -2.67. The van der Waals surface area contributed by atoms with E-state index in [2.05, 4.69) is 35.9 Å². The van der Waals surface area contributed by atoms with E-state index in [1.54, 1.807) is 0 Å². The Bertz CT molecular complexity index is 409. The Labute approximate surface area is 149 Å². The van der Waals surface area contributed by atoms with E-state index in [1.165, 1.54) is 45.7 Å². The molecule has 4 aliphatic rings. The maximum Gasteiger partial charge on any atom is 0.0591 e. The maximum absolute atomic E-state index is 9.83. The Morgan fingerprint density at radius 2 is 1.62 bits per heavy atom. The summed E-state index contributed by atoms with van der Waals surface area (Å²) in [6, 6.07) is 0.654. The normalized spacial score (nSPS) is 42.5. The molecule has 4 aliphatic heterocycles. The van der Waals surface area contributed by atoms with Gasteiger partial charge in [-0.1, -0.05) is 33.6 Å². The minimum Gasteiger partial charge on any atom is -0.390 e. The van der Waals surface area contributed by atoms with Crippen LogP contribution >= 0.6 is 0 Å². The van der Waals surface area contributed by atoms with Crippen molar-refractivity contribution in [2.75, 3.05) is 39.4 Å². The van der Waals surface area contributed by atoms with Crippen LogP contribution in [0.5, 0.6) is 0 Å². The van der Waals surface area contributed by atoms with Crippen LogP contribution in [0.4, 0.5) is 0 Å². The molecule has 2 N–H and O–H groups in total. The van der Waals surface area contributed by atoms with Gasteiger partial charge in [-0.15, -0.1) is 0 Å². The minimum atomic E-state index is -0.508. The molecule has 0 aromatic carbocycles. The molecule has 0 radical (unpaired) electrons. The van der Waals surface area contributed by atoms with Gasteiger partial charge in [-0.3, -0.25) is 9.80 Å². The summed E-state index contributed by atoms with van der Waals surface area (Å²) in [5, 5.41) is 13.8. The molecule has 4 bridgehead atoms. The van der Waals surface area contributed by atoms with Crippen molar-refractivity contribution in [3.05, 3.63) is 0 Å². The molecule has 4 saturated heterocycles. The van der Waals surface area contributed by atoms with Gasteiger partial charge in [0.05, 0.1) is 12.3 Å². The second kappa shape index (κ2) is 6.53. The van der Waals surface area contributed by atoms with Gasteiger partial charge in [0.15, 0.2) is 0 Å². The molecular formula is C20H39N3O. The lowest BCUT2D eigenvalue weighted by atomic mass is 9.60. The highest BCUT2D eigenvalue weighted by Crippen LogP contribution is 2.48. The molecule has 140 valence electrons. The number of nitrogens with zero attached hydrogens (tertiary/aromatic N) is 2. The van der Waals surface area contributed by atoms with Gasteiger partial charge >= 0.3 is 0 Å². The fraction of sp³-hybridized carbons (Fsp3) is 1.00. The molecular weight excluding hydrogens is 298 g/mol. The van der Waals surface area contributed by atoms with Crippen LogP contribution in [0.2, 0.25) is 0 Å². The molecule has 0 aromatic rings. The fourth-order valence-corrected chi connectivity index (χ4v) is 5.94. The highest BCUT2D eigenvalue weighted by Gasteiger charge is 2.58. The van der Waals surface area contributed by atoms with E-state index in [0.717, 1.165) is 25.3 Å².